The fraction of sp³-hybridized carbons (Fsp3) is 0.250. The third-order valence-corrected chi connectivity index (χ3v) is 4.60. The first-order valence-electron chi connectivity index (χ1n) is 8.40. The van der Waals surface area contributed by atoms with Crippen molar-refractivity contribution in [1.29, 1.82) is 0 Å². The van der Waals surface area contributed by atoms with Crippen LogP contribution in [0, 0.1) is 0 Å². The van der Waals surface area contributed by atoms with Gasteiger partial charge in [0.25, 0.3) is 11.5 Å². The van der Waals surface area contributed by atoms with Gasteiger partial charge in [-0.1, -0.05) is 48.0 Å². The van der Waals surface area contributed by atoms with E-state index in [0.717, 1.165) is 5.56 Å². The minimum Gasteiger partial charge on any atom is -0.336 e. The van der Waals surface area contributed by atoms with Crippen LogP contribution >= 0.6 is 11.6 Å². The molecule has 0 spiro atoms. The summed E-state index contributed by atoms with van der Waals surface area (Å²) >= 11 is 6.20. The van der Waals surface area contributed by atoms with Crippen LogP contribution in [0.25, 0.3) is 10.8 Å². The number of aromatic nitrogens is 2. The highest BCUT2D eigenvalue weighted by molar-refractivity contribution is 6.31. The molecule has 2 aromatic carbocycles. The minimum atomic E-state index is -0.254. The second-order valence-corrected chi connectivity index (χ2v) is 6.90. The molecule has 1 aromatic heterocycles. The standard InChI is InChI=1S/C20H20ClN3O2/c1-13(2)24-19(25)16-10-6-5-9-15(16)18(22-24)20(26)23(3)12-14-8-4-7-11-17(14)21/h4-11,13H,12H2,1-3H3. The molecule has 0 aliphatic rings. The Morgan fingerprint density at radius 3 is 2.38 bits per heavy atom. The van der Waals surface area contributed by atoms with Crippen LogP contribution in [-0.2, 0) is 6.54 Å². The van der Waals surface area contributed by atoms with E-state index < -0.39 is 0 Å². The number of nitrogens with zero attached hydrogens (tertiary/aromatic N) is 3. The van der Waals surface area contributed by atoms with Crippen molar-refractivity contribution in [3.8, 4) is 0 Å². The predicted octanol–water partition coefficient (Wildman–Crippen LogP) is 3.90. The van der Waals surface area contributed by atoms with Gasteiger partial charge in [0.1, 0.15) is 0 Å². The Morgan fingerprint density at radius 1 is 1.12 bits per heavy atom. The topological polar surface area (TPSA) is 55.2 Å². The first kappa shape index (κ1) is 18.1. The third kappa shape index (κ3) is 3.35. The Labute approximate surface area is 156 Å². The Balaban J connectivity index is 2.06. The van der Waals surface area contributed by atoms with Gasteiger partial charge in [-0.2, -0.15) is 5.10 Å². The van der Waals surface area contributed by atoms with E-state index >= 15 is 0 Å². The number of amides is 1. The molecule has 0 atom stereocenters. The summed E-state index contributed by atoms with van der Waals surface area (Å²) in [5, 5.41) is 6.03. The molecule has 0 saturated heterocycles. The zero-order valence-electron chi connectivity index (χ0n) is 14.9. The fourth-order valence-corrected chi connectivity index (χ4v) is 3.04. The summed E-state index contributed by atoms with van der Waals surface area (Å²) < 4.78 is 1.36. The lowest BCUT2D eigenvalue weighted by molar-refractivity contribution is 0.0778. The molecule has 0 saturated carbocycles. The smallest absolute Gasteiger partial charge is 0.274 e. The number of benzene rings is 2. The maximum atomic E-state index is 13.1. The highest BCUT2D eigenvalue weighted by Gasteiger charge is 2.21. The van der Waals surface area contributed by atoms with Crippen LogP contribution in [-0.4, -0.2) is 27.6 Å². The zero-order chi connectivity index (χ0) is 18.8. The SMILES string of the molecule is CC(C)n1nc(C(=O)N(C)Cc2ccccc2Cl)c2ccccc2c1=O. The monoisotopic (exact) mass is 369 g/mol. The van der Waals surface area contributed by atoms with Gasteiger partial charge in [0.15, 0.2) is 5.69 Å². The van der Waals surface area contributed by atoms with Crippen molar-refractivity contribution in [2.24, 2.45) is 0 Å². The first-order chi connectivity index (χ1) is 12.4. The molecule has 6 heteroatoms. The molecular formula is C20H20ClN3O2. The van der Waals surface area contributed by atoms with Crippen molar-refractivity contribution < 1.29 is 4.79 Å². The summed E-state index contributed by atoms with van der Waals surface area (Å²) in [4.78, 5) is 27.2. The Hall–Kier alpha value is -2.66. The van der Waals surface area contributed by atoms with E-state index in [1.807, 2.05) is 32.0 Å². The van der Waals surface area contributed by atoms with Crippen LogP contribution in [0.2, 0.25) is 5.02 Å². The molecule has 1 heterocycles. The van der Waals surface area contributed by atoms with Crippen molar-refractivity contribution in [3.05, 3.63) is 75.2 Å². The van der Waals surface area contributed by atoms with E-state index in [0.29, 0.717) is 22.3 Å². The van der Waals surface area contributed by atoms with Gasteiger partial charge in [-0.3, -0.25) is 9.59 Å². The van der Waals surface area contributed by atoms with E-state index in [-0.39, 0.29) is 23.2 Å². The van der Waals surface area contributed by atoms with E-state index in [1.54, 1.807) is 42.3 Å². The maximum Gasteiger partial charge on any atom is 0.274 e. The Kier molecular flexibility index (Phi) is 5.09. The third-order valence-electron chi connectivity index (χ3n) is 4.23. The number of rotatable bonds is 4. The number of hydrogen-bond donors (Lipinski definition) is 0. The number of hydrogen-bond acceptors (Lipinski definition) is 3. The summed E-state index contributed by atoms with van der Waals surface area (Å²) in [7, 11) is 1.70. The molecule has 5 nitrogen and oxygen atoms in total. The molecular weight excluding hydrogens is 350 g/mol. The number of carbonyl (C=O) groups excluding carboxylic acids is 1. The van der Waals surface area contributed by atoms with Crippen molar-refractivity contribution in [1.82, 2.24) is 14.7 Å². The van der Waals surface area contributed by atoms with Crippen LogP contribution in [0.3, 0.4) is 0 Å². The van der Waals surface area contributed by atoms with E-state index in [9.17, 15) is 9.59 Å². The molecule has 134 valence electrons. The van der Waals surface area contributed by atoms with Crippen molar-refractivity contribution >= 4 is 28.3 Å². The van der Waals surface area contributed by atoms with E-state index in [2.05, 4.69) is 5.10 Å². The largest absolute Gasteiger partial charge is 0.336 e. The molecule has 3 aromatic rings. The van der Waals surface area contributed by atoms with Gasteiger partial charge < -0.3 is 4.90 Å². The quantitative estimate of drug-likeness (QED) is 0.700. The van der Waals surface area contributed by atoms with Crippen molar-refractivity contribution in [2.45, 2.75) is 26.4 Å². The minimum absolute atomic E-state index is 0.146. The number of carbonyl (C=O) groups is 1. The molecule has 26 heavy (non-hydrogen) atoms. The van der Waals surface area contributed by atoms with Gasteiger partial charge in [0.05, 0.1) is 11.4 Å². The van der Waals surface area contributed by atoms with Crippen LogP contribution in [0.1, 0.15) is 35.9 Å². The normalized spacial score (nSPS) is 11.1. The van der Waals surface area contributed by atoms with Crippen LogP contribution in [0.5, 0.6) is 0 Å². The molecule has 0 radical (unpaired) electrons. The van der Waals surface area contributed by atoms with E-state index in [1.165, 1.54) is 4.68 Å². The van der Waals surface area contributed by atoms with Crippen molar-refractivity contribution in [2.75, 3.05) is 7.05 Å². The summed E-state index contributed by atoms with van der Waals surface area (Å²) in [5.41, 5.74) is 0.927. The highest BCUT2D eigenvalue weighted by atomic mass is 35.5. The van der Waals surface area contributed by atoms with Crippen LogP contribution < -0.4 is 5.56 Å². The summed E-state index contributed by atoms with van der Waals surface area (Å²) in [6, 6.07) is 14.3. The number of halogens is 1. The van der Waals surface area contributed by atoms with Crippen LogP contribution in [0.15, 0.2) is 53.3 Å². The molecule has 0 unspecified atom stereocenters. The lowest BCUT2D eigenvalue weighted by Gasteiger charge is -2.20. The molecule has 1 amide bonds. The Morgan fingerprint density at radius 2 is 1.73 bits per heavy atom. The zero-order valence-corrected chi connectivity index (χ0v) is 15.7. The summed E-state index contributed by atoms with van der Waals surface area (Å²) in [6.45, 7) is 4.09. The first-order valence-corrected chi connectivity index (χ1v) is 8.78. The average molecular weight is 370 g/mol. The second kappa shape index (κ2) is 7.30. The average Bonchev–Trinajstić information content (AvgIpc) is 2.63. The van der Waals surface area contributed by atoms with Gasteiger partial charge in [-0.25, -0.2) is 4.68 Å². The molecule has 0 bridgehead atoms. The summed E-state index contributed by atoms with van der Waals surface area (Å²) in [6.07, 6.45) is 0. The second-order valence-electron chi connectivity index (χ2n) is 6.49. The van der Waals surface area contributed by atoms with Gasteiger partial charge in [-0.05, 0) is 31.5 Å². The summed E-state index contributed by atoms with van der Waals surface area (Å²) in [5.74, 6) is -0.254. The lowest BCUT2D eigenvalue weighted by Crippen LogP contribution is -2.32. The van der Waals surface area contributed by atoms with Gasteiger partial charge in [0, 0.05) is 24.0 Å². The fourth-order valence-electron chi connectivity index (χ4n) is 2.85. The lowest BCUT2D eigenvalue weighted by atomic mass is 10.1. The predicted molar refractivity (Wildman–Crippen MR) is 104 cm³/mol. The number of fused-ring (bicyclic) bond motifs is 1. The molecule has 0 N–H and O–H groups in total. The van der Waals surface area contributed by atoms with Gasteiger partial charge in [0.2, 0.25) is 0 Å². The highest BCUT2D eigenvalue weighted by Crippen LogP contribution is 2.20. The molecule has 0 aliphatic heterocycles. The Bertz CT molecular complexity index is 1030. The molecule has 3 rings (SSSR count). The van der Waals surface area contributed by atoms with Gasteiger partial charge in [-0.15, -0.1) is 0 Å². The van der Waals surface area contributed by atoms with E-state index in [4.69, 9.17) is 11.6 Å². The molecule has 0 aliphatic carbocycles. The van der Waals surface area contributed by atoms with Gasteiger partial charge >= 0.3 is 0 Å². The van der Waals surface area contributed by atoms with Crippen molar-refractivity contribution in [3.63, 3.8) is 0 Å². The maximum absolute atomic E-state index is 13.1. The van der Waals surface area contributed by atoms with Crippen LogP contribution in [0.4, 0.5) is 0 Å². The molecule has 0 fully saturated rings.